The smallest absolute Gasteiger partial charge is 0.243 e. The lowest BCUT2D eigenvalue weighted by atomic mass is 10.1. The second kappa shape index (κ2) is 5.00. The largest absolute Gasteiger partial charge is 0.398 e. The predicted octanol–water partition coefficient (Wildman–Crippen LogP) is -0.0798. The van der Waals surface area contributed by atoms with Crippen molar-refractivity contribution < 1.29 is 18.6 Å². The third-order valence-corrected chi connectivity index (χ3v) is 6.01. The highest BCUT2D eigenvalue weighted by molar-refractivity contribution is 7.89. The quantitative estimate of drug-likeness (QED) is 0.663. The summed E-state index contributed by atoms with van der Waals surface area (Å²) < 4.78 is 26.5. The van der Waals surface area contributed by atoms with Crippen LogP contribution >= 0.6 is 0 Å². The molecule has 2 unspecified atom stereocenters. The zero-order chi connectivity index (χ0) is 15.2. The third kappa shape index (κ3) is 2.31. The molecule has 0 bridgehead atoms. The van der Waals surface area contributed by atoms with Crippen molar-refractivity contribution in [3.05, 3.63) is 22.8 Å². The predicted molar refractivity (Wildman–Crippen MR) is 75.8 cm³/mol. The van der Waals surface area contributed by atoms with Crippen molar-refractivity contribution in [3.63, 3.8) is 0 Å². The number of rotatable bonds is 2. The van der Waals surface area contributed by atoms with Gasteiger partial charge in [-0.05, 0) is 43.5 Å². The number of hydrogen-bond acceptors (Lipinski definition) is 5. The van der Waals surface area contributed by atoms with Crippen LogP contribution in [0.4, 0.5) is 5.69 Å². The highest BCUT2D eigenvalue weighted by Crippen LogP contribution is 2.31. The summed E-state index contributed by atoms with van der Waals surface area (Å²) in [5.74, 6) is 0. The Morgan fingerprint density at radius 2 is 1.65 bits per heavy atom. The molecule has 112 valence electrons. The molecule has 0 spiro atoms. The summed E-state index contributed by atoms with van der Waals surface area (Å²) in [4.78, 5) is 0.177. The molecule has 1 aromatic rings. The van der Waals surface area contributed by atoms with Gasteiger partial charge in [0.2, 0.25) is 10.0 Å². The van der Waals surface area contributed by atoms with E-state index in [0.29, 0.717) is 16.8 Å². The van der Waals surface area contributed by atoms with Crippen LogP contribution in [0.1, 0.15) is 16.7 Å². The number of nitrogens with two attached hydrogens (primary N) is 1. The highest BCUT2D eigenvalue weighted by atomic mass is 32.2. The van der Waals surface area contributed by atoms with E-state index in [1.54, 1.807) is 26.8 Å². The fourth-order valence-corrected chi connectivity index (χ4v) is 4.50. The number of sulfonamides is 1. The first-order chi connectivity index (χ1) is 9.16. The van der Waals surface area contributed by atoms with Crippen molar-refractivity contribution in [2.75, 3.05) is 18.8 Å². The molecular formula is C13H20N2O4S. The van der Waals surface area contributed by atoms with Crippen LogP contribution in [-0.4, -0.2) is 48.2 Å². The second-order valence-electron chi connectivity index (χ2n) is 5.32. The van der Waals surface area contributed by atoms with E-state index in [4.69, 9.17) is 5.73 Å². The average Bonchev–Trinajstić information content (AvgIpc) is 2.68. The maximum Gasteiger partial charge on any atom is 0.243 e. The summed E-state index contributed by atoms with van der Waals surface area (Å²) in [6.07, 6.45) is -2.10. The summed E-state index contributed by atoms with van der Waals surface area (Å²) >= 11 is 0. The van der Waals surface area contributed by atoms with E-state index in [1.165, 1.54) is 0 Å². The third-order valence-electron chi connectivity index (χ3n) is 3.90. The zero-order valence-corrected chi connectivity index (χ0v) is 12.6. The molecule has 2 rings (SSSR count). The van der Waals surface area contributed by atoms with E-state index in [1.807, 2.05) is 0 Å². The van der Waals surface area contributed by atoms with Gasteiger partial charge in [0.25, 0.3) is 0 Å². The van der Waals surface area contributed by atoms with Gasteiger partial charge in [-0.2, -0.15) is 4.31 Å². The molecule has 1 aliphatic heterocycles. The van der Waals surface area contributed by atoms with Gasteiger partial charge in [0, 0.05) is 18.8 Å². The number of nitrogen functional groups attached to an aromatic ring is 1. The van der Waals surface area contributed by atoms with Crippen LogP contribution < -0.4 is 5.73 Å². The molecule has 0 amide bonds. The van der Waals surface area contributed by atoms with Gasteiger partial charge in [0.05, 0.1) is 17.1 Å². The number of aliphatic hydroxyl groups is 2. The Balaban J connectivity index is 2.56. The van der Waals surface area contributed by atoms with Crippen molar-refractivity contribution >= 4 is 15.7 Å². The lowest BCUT2D eigenvalue weighted by Crippen LogP contribution is -2.31. The standard InChI is InChI=1S/C13H20N2O4S/c1-7-4-10(14)9(3)13(8(7)2)20(18,19)15-5-11(16)12(17)6-15/h4,11-12,16-17H,5-6,14H2,1-3H3. The first kappa shape index (κ1) is 15.2. The monoisotopic (exact) mass is 300 g/mol. The normalized spacial score (nSPS) is 24.2. The maximum absolute atomic E-state index is 12.7. The minimum Gasteiger partial charge on any atom is -0.398 e. The molecule has 0 aromatic heterocycles. The number of β-amino-alcohol motifs (C(OH)–C–C–N with tert-alkyl or cyclic N) is 2. The van der Waals surface area contributed by atoms with E-state index in [0.717, 1.165) is 9.87 Å². The number of nitrogens with zero attached hydrogens (tertiary/aromatic N) is 1. The summed E-state index contributed by atoms with van der Waals surface area (Å²) in [6, 6.07) is 1.75. The molecule has 0 radical (unpaired) electrons. The van der Waals surface area contributed by atoms with Crippen molar-refractivity contribution in [2.45, 2.75) is 37.9 Å². The topological polar surface area (TPSA) is 104 Å². The summed E-state index contributed by atoms with van der Waals surface area (Å²) in [5, 5.41) is 19.1. The Bertz CT molecular complexity index is 606. The van der Waals surface area contributed by atoms with Crippen molar-refractivity contribution in [1.82, 2.24) is 4.31 Å². The Hall–Kier alpha value is -1.15. The summed E-state index contributed by atoms with van der Waals surface area (Å²) in [6.45, 7) is 5.00. The molecule has 1 aromatic carbocycles. The van der Waals surface area contributed by atoms with Gasteiger partial charge in [-0.15, -0.1) is 0 Å². The molecule has 20 heavy (non-hydrogen) atoms. The SMILES string of the molecule is Cc1cc(N)c(C)c(S(=O)(=O)N2CC(O)C(O)C2)c1C. The molecule has 0 saturated carbocycles. The Morgan fingerprint density at radius 1 is 1.15 bits per heavy atom. The van der Waals surface area contributed by atoms with E-state index >= 15 is 0 Å². The average molecular weight is 300 g/mol. The lowest BCUT2D eigenvalue weighted by molar-refractivity contribution is 0.0572. The number of anilines is 1. The molecule has 1 saturated heterocycles. The molecule has 1 fully saturated rings. The van der Waals surface area contributed by atoms with Crippen LogP contribution in [0.25, 0.3) is 0 Å². The van der Waals surface area contributed by atoms with Gasteiger partial charge < -0.3 is 15.9 Å². The van der Waals surface area contributed by atoms with Gasteiger partial charge in [-0.1, -0.05) is 0 Å². The Morgan fingerprint density at radius 3 is 2.15 bits per heavy atom. The fraction of sp³-hybridized carbons (Fsp3) is 0.538. The molecule has 1 heterocycles. The van der Waals surface area contributed by atoms with E-state index in [-0.39, 0.29) is 18.0 Å². The van der Waals surface area contributed by atoms with Gasteiger partial charge in [0.1, 0.15) is 0 Å². The number of benzene rings is 1. The van der Waals surface area contributed by atoms with Crippen LogP contribution in [0.5, 0.6) is 0 Å². The first-order valence-corrected chi connectivity index (χ1v) is 7.82. The van der Waals surface area contributed by atoms with Crippen molar-refractivity contribution in [3.8, 4) is 0 Å². The number of aryl methyl sites for hydroxylation is 1. The van der Waals surface area contributed by atoms with Crippen molar-refractivity contribution in [1.29, 1.82) is 0 Å². The van der Waals surface area contributed by atoms with Crippen LogP contribution in [0, 0.1) is 20.8 Å². The molecule has 6 nitrogen and oxygen atoms in total. The number of hydrogen-bond donors (Lipinski definition) is 3. The molecule has 7 heteroatoms. The number of aliphatic hydroxyl groups excluding tert-OH is 2. The molecule has 0 aliphatic carbocycles. The molecular weight excluding hydrogens is 280 g/mol. The molecule has 4 N–H and O–H groups in total. The van der Waals surface area contributed by atoms with Crippen LogP contribution in [0.2, 0.25) is 0 Å². The zero-order valence-electron chi connectivity index (χ0n) is 11.8. The van der Waals surface area contributed by atoms with E-state index in [9.17, 15) is 18.6 Å². The maximum atomic E-state index is 12.7. The minimum absolute atomic E-state index is 0.101. The summed E-state index contributed by atoms with van der Waals surface area (Å²) in [5.41, 5.74) is 8.23. The van der Waals surface area contributed by atoms with Gasteiger partial charge >= 0.3 is 0 Å². The first-order valence-electron chi connectivity index (χ1n) is 6.38. The minimum atomic E-state index is -3.78. The van der Waals surface area contributed by atoms with Gasteiger partial charge in [-0.25, -0.2) is 8.42 Å². The van der Waals surface area contributed by atoms with Crippen LogP contribution in [-0.2, 0) is 10.0 Å². The second-order valence-corrected chi connectivity index (χ2v) is 7.19. The van der Waals surface area contributed by atoms with Crippen LogP contribution in [0.3, 0.4) is 0 Å². The fourth-order valence-electron chi connectivity index (χ4n) is 2.49. The molecule has 2 atom stereocenters. The van der Waals surface area contributed by atoms with Crippen molar-refractivity contribution in [2.24, 2.45) is 0 Å². The van der Waals surface area contributed by atoms with E-state index < -0.39 is 22.2 Å². The van der Waals surface area contributed by atoms with Gasteiger partial charge in [0.15, 0.2) is 0 Å². The summed E-state index contributed by atoms with van der Waals surface area (Å²) in [7, 11) is -3.78. The van der Waals surface area contributed by atoms with Gasteiger partial charge in [-0.3, -0.25) is 0 Å². The highest BCUT2D eigenvalue weighted by Gasteiger charge is 2.39. The van der Waals surface area contributed by atoms with Crippen LogP contribution in [0.15, 0.2) is 11.0 Å². The lowest BCUT2D eigenvalue weighted by Gasteiger charge is -2.21. The van der Waals surface area contributed by atoms with E-state index in [2.05, 4.69) is 0 Å². The Kier molecular flexibility index (Phi) is 3.81. The Labute approximate surface area is 118 Å². The molecule has 1 aliphatic rings.